The number of hydrogen-bond acceptors (Lipinski definition) is 4. The molecule has 2 heterocycles. The van der Waals surface area contributed by atoms with E-state index < -0.39 is 14.6 Å². The van der Waals surface area contributed by atoms with Crippen LogP contribution in [-0.4, -0.2) is 59.7 Å². The molecule has 27 heavy (non-hydrogen) atoms. The van der Waals surface area contributed by atoms with E-state index in [2.05, 4.69) is 33.6 Å². The summed E-state index contributed by atoms with van der Waals surface area (Å²) in [6, 6.07) is 10.2. The Morgan fingerprint density at radius 2 is 2.07 bits per heavy atom. The van der Waals surface area contributed by atoms with Crippen molar-refractivity contribution in [1.29, 1.82) is 0 Å². The zero-order chi connectivity index (χ0) is 19.5. The van der Waals surface area contributed by atoms with Gasteiger partial charge in [-0.2, -0.15) is 5.10 Å². The Bertz CT molecular complexity index is 904. The van der Waals surface area contributed by atoms with Crippen LogP contribution in [0.5, 0.6) is 0 Å². The van der Waals surface area contributed by atoms with Crippen molar-refractivity contribution in [2.45, 2.75) is 31.7 Å². The van der Waals surface area contributed by atoms with Crippen LogP contribution in [-0.2, 0) is 22.9 Å². The number of nitrogens with one attached hydrogen (secondary N) is 1. The van der Waals surface area contributed by atoms with Gasteiger partial charge in [-0.25, -0.2) is 8.42 Å². The van der Waals surface area contributed by atoms with Gasteiger partial charge in [0.25, 0.3) is 0 Å². The second-order valence-corrected chi connectivity index (χ2v) is 10.2. The van der Waals surface area contributed by atoms with Gasteiger partial charge >= 0.3 is 0 Å². The molecule has 1 fully saturated rings. The van der Waals surface area contributed by atoms with Crippen molar-refractivity contribution in [1.82, 2.24) is 20.0 Å². The number of aliphatic imine (C=N–C) groups is 1. The van der Waals surface area contributed by atoms with E-state index in [1.807, 2.05) is 27.9 Å². The molecule has 1 aromatic carbocycles. The van der Waals surface area contributed by atoms with Gasteiger partial charge < -0.3 is 10.2 Å². The molecule has 0 amide bonds. The van der Waals surface area contributed by atoms with Crippen molar-refractivity contribution in [3.63, 3.8) is 0 Å². The minimum atomic E-state index is -3.07. The van der Waals surface area contributed by atoms with E-state index in [1.165, 1.54) is 5.56 Å². The van der Waals surface area contributed by atoms with E-state index >= 15 is 0 Å². The van der Waals surface area contributed by atoms with E-state index in [0.717, 1.165) is 18.1 Å². The average Bonchev–Trinajstić information content (AvgIpc) is 3.12. The van der Waals surface area contributed by atoms with Crippen LogP contribution in [0.2, 0.25) is 0 Å². The highest BCUT2D eigenvalue weighted by Crippen LogP contribution is 2.23. The topological polar surface area (TPSA) is 79.6 Å². The molecule has 0 saturated carbocycles. The number of rotatable bonds is 4. The second kappa shape index (κ2) is 7.72. The molecular weight excluding hydrogens is 362 g/mol. The van der Waals surface area contributed by atoms with Crippen LogP contribution in [0.3, 0.4) is 0 Å². The highest BCUT2D eigenvalue weighted by Gasteiger charge is 2.40. The number of hydrogen-bond donors (Lipinski definition) is 1. The number of aromatic nitrogens is 2. The Labute approximate surface area is 161 Å². The number of guanidine groups is 1. The molecule has 3 rings (SSSR count). The highest BCUT2D eigenvalue weighted by atomic mass is 32.2. The summed E-state index contributed by atoms with van der Waals surface area (Å²) < 4.78 is 25.5. The molecule has 1 aliphatic heterocycles. The first-order valence-corrected chi connectivity index (χ1v) is 10.7. The summed E-state index contributed by atoms with van der Waals surface area (Å²) in [5.41, 5.74) is 2.32. The molecule has 1 aromatic heterocycles. The predicted octanol–water partition coefficient (Wildman–Crippen LogP) is 1.52. The monoisotopic (exact) mass is 389 g/mol. The zero-order valence-corrected chi connectivity index (χ0v) is 16.9. The molecule has 0 atom stereocenters. The lowest BCUT2D eigenvalue weighted by Crippen LogP contribution is -2.57. The lowest BCUT2D eigenvalue weighted by atomic mass is 10.1. The van der Waals surface area contributed by atoms with E-state index in [-0.39, 0.29) is 5.75 Å². The first-order chi connectivity index (χ1) is 12.8. The third kappa shape index (κ3) is 4.50. The summed E-state index contributed by atoms with van der Waals surface area (Å²) in [7, 11) is -1.34. The Balaban J connectivity index is 1.63. The van der Waals surface area contributed by atoms with Gasteiger partial charge in [0.1, 0.15) is 0 Å². The van der Waals surface area contributed by atoms with Gasteiger partial charge in [0.15, 0.2) is 15.8 Å². The molecule has 0 unspecified atom stereocenters. The second-order valence-electron chi connectivity index (χ2n) is 7.42. The maximum atomic E-state index is 12.2. The lowest BCUT2D eigenvalue weighted by molar-refractivity contribution is 0.353. The third-order valence-corrected chi connectivity index (χ3v) is 7.43. The quantitative estimate of drug-likeness (QED) is 0.633. The minimum Gasteiger partial charge on any atom is -0.352 e. The fourth-order valence-corrected chi connectivity index (χ4v) is 4.62. The normalized spacial score (nSPS) is 19.1. The molecule has 1 saturated heterocycles. The van der Waals surface area contributed by atoms with E-state index in [0.29, 0.717) is 19.6 Å². The van der Waals surface area contributed by atoms with E-state index in [1.54, 1.807) is 27.1 Å². The lowest BCUT2D eigenvalue weighted by Gasteiger charge is -2.39. The van der Waals surface area contributed by atoms with Crippen LogP contribution in [0.15, 0.2) is 47.7 Å². The van der Waals surface area contributed by atoms with Gasteiger partial charge in [-0.05, 0) is 31.0 Å². The first kappa shape index (κ1) is 19.4. The van der Waals surface area contributed by atoms with Crippen molar-refractivity contribution in [3.8, 4) is 0 Å². The van der Waals surface area contributed by atoms with Crippen molar-refractivity contribution < 1.29 is 8.42 Å². The Morgan fingerprint density at radius 1 is 1.30 bits per heavy atom. The van der Waals surface area contributed by atoms with Gasteiger partial charge in [0, 0.05) is 39.1 Å². The SMILES string of the molecule is CN=C(NCc1cccc(Cn2cccn2)c1)N1CCS(=O)(=O)C(C)(C)C1. The summed E-state index contributed by atoms with van der Waals surface area (Å²) in [4.78, 5) is 6.37. The number of benzene rings is 1. The summed E-state index contributed by atoms with van der Waals surface area (Å²) in [6.45, 7) is 5.82. The van der Waals surface area contributed by atoms with Gasteiger partial charge in [-0.1, -0.05) is 24.3 Å². The maximum absolute atomic E-state index is 12.2. The molecule has 7 nitrogen and oxygen atoms in total. The fraction of sp³-hybridized carbons (Fsp3) is 0.474. The summed E-state index contributed by atoms with van der Waals surface area (Å²) >= 11 is 0. The van der Waals surface area contributed by atoms with Crippen molar-refractivity contribution in [2.24, 2.45) is 4.99 Å². The zero-order valence-electron chi connectivity index (χ0n) is 16.1. The van der Waals surface area contributed by atoms with Crippen molar-refractivity contribution in [3.05, 3.63) is 53.9 Å². The Morgan fingerprint density at radius 3 is 2.74 bits per heavy atom. The van der Waals surface area contributed by atoms with E-state index in [4.69, 9.17) is 0 Å². The Hall–Kier alpha value is -2.35. The number of sulfone groups is 1. The maximum Gasteiger partial charge on any atom is 0.193 e. The smallest absolute Gasteiger partial charge is 0.193 e. The van der Waals surface area contributed by atoms with Crippen LogP contribution in [0.4, 0.5) is 0 Å². The summed E-state index contributed by atoms with van der Waals surface area (Å²) in [6.07, 6.45) is 3.72. The van der Waals surface area contributed by atoms with Crippen LogP contribution >= 0.6 is 0 Å². The van der Waals surface area contributed by atoms with Crippen molar-refractivity contribution in [2.75, 3.05) is 25.9 Å². The van der Waals surface area contributed by atoms with Crippen LogP contribution < -0.4 is 5.32 Å². The third-order valence-electron chi connectivity index (χ3n) is 4.90. The van der Waals surface area contributed by atoms with Crippen LogP contribution in [0, 0.1) is 0 Å². The summed E-state index contributed by atoms with van der Waals surface area (Å²) in [5.74, 6) is 0.885. The van der Waals surface area contributed by atoms with E-state index in [9.17, 15) is 8.42 Å². The average molecular weight is 390 g/mol. The summed E-state index contributed by atoms with van der Waals surface area (Å²) in [5, 5.41) is 7.61. The molecule has 0 aliphatic carbocycles. The molecular formula is C19H27N5O2S. The molecule has 0 radical (unpaired) electrons. The minimum absolute atomic E-state index is 0.153. The molecule has 1 N–H and O–H groups in total. The molecule has 146 valence electrons. The molecule has 2 aromatic rings. The molecule has 0 spiro atoms. The predicted molar refractivity (Wildman–Crippen MR) is 107 cm³/mol. The largest absolute Gasteiger partial charge is 0.352 e. The molecule has 1 aliphatic rings. The fourth-order valence-electron chi connectivity index (χ4n) is 3.26. The first-order valence-electron chi connectivity index (χ1n) is 9.04. The van der Waals surface area contributed by atoms with Crippen LogP contribution in [0.1, 0.15) is 25.0 Å². The number of nitrogens with zero attached hydrogens (tertiary/aromatic N) is 4. The van der Waals surface area contributed by atoms with Gasteiger partial charge in [-0.15, -0.1) is 0 Å². The van der Waals surface area contributed by atoms with Crippen LogP contribution in [0.25, 0.3) is 0 Å². The highest BCUT2D eigenvalue weighted by molar-refractivity contribution is 7.92. The van der Waals surface area contributed by atoms with Gasteiger partial charge in [-0.3, -0.25) is 9.67 Å². The van der Waals surface area contributed by atoms with Gasteiger partial charge in [0.2, 0.25) is 0 Å². The van der Waals surface area contributed by atoms with Gasteiger partial charge in [0.05, 0.1) is 17.0 Å². The molecule has 8 heteroatoms. The van der Waals surface area contributed by atoms with Crippen molar-refractivity contribution >= 4 is 15.8 Å². The molecule has 0 bridgehead atoms. The Kier molecular flexibility index (Phi) is 5.55. The standard InChI is InChI=1S/C19H27N5O2S/c1-19(2)15-23(10-11-27(19,25)26)18(20-3)21-13-16-6-4-7-17(12-16)14-24-9-5-8-22-24/h4-9,12H,10-11,13-15H2,1-3H3,(H,20,21).